The van der Waals surface area contributed by atoms with Gasteiger partial charge in [0.15, 0.2) is 23.0 Å². The lowest BCUT2D eigenvalue weighted by Gasteiger charge is -2.22. The number of phenols is 3. The van der Waals surface area contributed by atoms with Gasteiger partial charge in [0, 0.05) is 11.0 Å². The molecule has 98 valence electrons. The quantitative estimate of drug-likeness (QED) is 0.436. The Labute approximate surface area is 106 Å². The summed E-state index contributed by atoms with van der Waals surface area (Å²) in [5, 5.41) is 28.1. The van der Waals surface area contributed by atoms with Crippen molar-refractivity contribution >= 4 is 5.78 Å². The molecule has 0 aliphatic heterocycles. The Morgan fingerprint density at radius 3 is 2.17 bits per heavy atom. The first-order valence-electron chi connectivity index (χ1n) is 5.79. The second-order valence-corrected chi connectivity index (χ2v) is 4.46. The van der Waals surface area contributed by atoms with Crippen LogP contribution in [-0.4, -0.2) is 21.1 Å². The van der Waals surface area contributed by atoms with Crippen molar-refractivity contribution < 1.29 is 20.1 Å². The molecule has 0 heterocycles. The molecule has 3 N–H and O–H groups in total. The Morgan fingerprint density at radius 2 is 1.78 bits per heavy atom. The summed E-state index contributed by atoms with van der Waals surface area (Å²) in [4.78, 5) is 12.3. The number of Topliss-reactive ketones (excluding diaryl/α,β-unsaturated/α-hetero) is 1. The summed E-state index contributed by atoms with van der Waals surface area (Å²) in [6.45, 7) is 5.50. The summed E-state index contributed by atoms with van der Waals surface area (Å²) in [5.41, 5.74) is -0.518. The zero-order valence-corrected chi connectivity index (χ0v) is 10.8. The van der Waals surface area contributed by atoms with Crippen molar-refractivity contribution in [2.24, 2.45) is 5.41 Å². The highest BCUT2D eigenvalue weighted by Gasteiger charge is 2.30. The van der Waals surface area contributed by atoms with E-state index in [2.05, 4.69) is 0 Å². The van der Waals surface area contributed by atoms with E-state index in [0.717, 1.165) is 12.1 Å². The summed E-state index contributed by atoms with van der Waals surface area (Å²) < 4.78 is 0. The minimum Gasteiger partial charge on any atom is -0.504 e. The molecule has 4 heteroatoms. The van der Waals surface area contributed by atoms with Gasteiger partial charge in [-0.2, -0.15) is 0 Å². The van der Waals surface area contributed by atoms with Crippen LogP contribution in [0.5, 0.6) is 17.2 Å². The highest BCUT2D eigenvalue weighted by molar-refractivity contribution is 6.02. The van der Waals surface area contributed by atoms with Gasteiger partial charge >= 0.3 is 0 Å². The third-order valence-corrected chi connectivity index (χ3v) is 3.12. The number of phenolic OH excluding ortho intramolecular Hbond substituents is 3. The Morgan fingerprint density at radius 1 is 1.28 bits per heavy atom. The van der Waals surface area contributed by atoms with Crippen LogP contribution in [0.25, 0.3) is 0 Å². The number of ketones is 1. The molecule has 1 aromatic rings. The van der Waals surface area contributed by atoms with E-state index in [0.29, 0.717) is 6.42 Å². The van der Waals surface area contributed by atoms with Gasteiger partial charge in [-0.1, -0.05) is 19.1 Å². The molecule has 1 unspecified atom stereocenters. The van der Waals surface area contributed by atoms with Crippen molar-refractivity contribution in [3.63, 3.8) is 0 Å². The number of benzene rings is 1. The average Bonchev–Trinajstić information content (AvgIpc) is 2.34. The Balaban J connectivity index is 3.26. The number of hydrogen-bond acceptors (Lipinski definition) is 4. The molecule has 0 bridgehead atoms. The second kappa shape index (κ2) is 5.12. The maximum atomic E-state index is 12.3. The smallest absolute Gasteiger partial charge is 0.200 e. The maximum Gasteiger partial charge on any atom is 0.200 e. The van der Waals surface area contributed by atoms with Crippen molar-refractivity contribution in [2.75, 3.05) is 0 Å². The van der Waals surface area contributed by atoms with Gasteiger partial charge in [-0.25, -0.2) is 0 Å². The Hall–Kier alpha value is -1.97. The van der Waals surface area contributed by atoms with Crippen molar-refractivity contribution in [3.05, 3.63) is 29.8 Å². The summed E-state index contributed by atoms with van der Waals surface area (Å²) >= 11 is 0. The van der Waals surface area contributed by atoms with Gasteiger partial charge in [0.05, 0.1) is 0 Å². The van der Waals surface area contributed by atoms with Crippen LogP contribution < -0.4 is 0 Å². The third-order valence-electron chi connectivity index (χ3n) is 3.12. The molecule has 0 aliphatic rings. The van der Waals surface area contributed by atoms with Crippen LogP contribution in [0.4, 0.5) is 0 Å². The van der Waals surface area contributed by atoms with E-state index >= 15 is 0 Å². The van der Waals surface area contributed by atoms with E-state index in [9.17, 15) is 20.1 Å². The number of hydrogen-bond donors (Lipinski definition) is 3. The summed E-state index contributed by atoms with van der Waals surface area (Å²) in [6, 6.07) is 2.32. The van der Waals surface area contributed by atoms with E-state index in [-0.39, 0.29) is 11.3 Å². The average molecular weight is 250 g/mol. The number of allylic oxidation sites excluding steroid dienone is 2. The van der Waals surface area contributed by atoms with Crippen LogP contribution in [0, 0.1) is 5.41 Å². The van der Waals surface area contributed by atoms with Crippen LogP contribution in [0.15, 0.2) is 24.3 Å². The molecule has 1 rings (SSSR count). The molecular formula is C14H18O4. The topological polar surface area (TPSA) is 77.8 Å². The first-order chi connectivity index (χ1) is 8.35. The van der Waals surface area contributed by atoms with Gasteiger partial charge in [0.1, 0.15) is 0 Å². The van der Waals surface area contributed by atoms with Gasteiger partial charge in [0.2, 0.25) is 0 Å². The van der Waals surface area contributed by atoms with Crippen molar-refractivity contribution in [1.29, 1.82) is 0 Å². The number of carbonyl (C=O) groups is 1. The molecule has 0 radical (unpaired) electrons. The molecular weight excluding hydrogens is 232 g/mol. The van der Waals surface area contributed by atoms with E-state index in [1.807, 2.05) is 13.8 Å². The fourth-order valence-electron chi connectivity index (χ4n) is 1.79. The predicted octanol–water partition coefficient (Wildman–Crippen LogP) is 2.98. The number of rotatable bonds is 4. The zero-order valence-electron chi connectivity index (χ0n) is 10.8. The van der Waals surface area contributed by atoms with Gasteiger partial charge in [-0.05, 0) is 32.4 Å². The zero-order chi connectivity index (χ0) is 13.9. The number of aromatic hydroxyl groups is 3. The van der Waals surface area contributed by atoms with E-state index < -0.39 is 22.7 Å². The minimum atomic E-state index is -0.690. The molecule has 0 amide bonds. The van der Waals surface area contributed by atoms with Crippen LogP contribution >= 0.6 is 0 Å². The predicted molar refractivity (Wildman–Crippen MR) is 69.0 cm³/mol. The van der Waals surface area contributed by atoms with Gasteiger partial charge in [-0.15, -0.1) is 0 Å². The van der Waals surface area contributed by atoms with Gasteiger partial charge < -0.3 is 15.3 Å². The van der Waals surface area contributed by atoms with Crippen molar-refractivity contribution in [2.45, 2.75) is 27.2 Å². The molecule has 0 saturated heterocycles. The third kappa shape index (κ3) is 2.47. The summed E-state index contributed by atoms with van der Waals surface area (Å²) in [6.07, 6.45) is 4.18. The molecule has 0 aromatic heterocycles. The van der Waals surface area contributed by atoms with E-state index in [1.165, 1.54) is 0 Å². The lowest BCUT2D eigenvalue weighted by molar-refractivity contribution is 0.0864. The van der Waals surface area contributed by atoms with Gasteiger partial charge in [0.25, 0.3) is 0 Å². The highest BCUT2D eigenvalue weighted by Crippen LogP contribution is 2.38. The second-order valence-electron chi connectivity index (χ2n) is 4.46. The van der Waals surface area contributed by atoms with E-state index in [4.69, 9.17) is 0 Å². The highest BCUT2D eigenvalue weighted by atomic mass is 16.3. The first kappa shape index (κ1) is 14.1. The molecule has 1 aromatic carbocycles. The van der Waals surface area contributed by atoms with Gasteiger partial charge in [-0.3, -0.25) is 4.79 Å². The molecule has 0 spiro atoms. The van der Waals surface area contributed by atoms with E-state index in [1.54, 1.807) is 19.1 Å². The minimum absolute atomic E-state index is 0.172. The van der Waals surface area contributed by atoms with Crippen molar-refractivity contribution in [1.82, 2.24) is 0 Å². The SMILES string of the molecule is C/C=C\C(C)(CC)C(=O)c1cc(O)c(O)c(O)c1. The molecule has 0 fully saturated rings. The summed E-state index contributed by atoms with van der Waals surface area (Å²) in [7, 11) is 0. The molecule has 4 nitrogen and oxygen atoms in total. The van der Waals surface area contributed by atoms with Crippen LogP contribution in [-0.2, 0) is 0 Å². The monoisotopic (exact) mass is 250 g/mol. The van der Waals surface area contributed by atoms with Crippen LogP contribution in [0.1, 0.15) is 37.6 Å². The first-order valence-corrected chi connectivity index (χ1v) is 5.79. The number of carbonyl (C=O) groups excluding carboxylic acids is 1. The lowest BCUT2D eigenvalue weighted by Crippen LogP contribution is -2.24. The largest absolute Gasteiger partial charge is 0.504 e. The Kier molecular flexibility index (Phi) is 4.01. The van der Waals surface area contributed by atoms with Crippen LogP contribution in [0.2, 0.25) is 0 Å². The van der Waals surface area contributed by atoms with Crippen LogP contribution in [0.3, 0.4) is 0 Å². The molecule has 18 heavy (non-hydrogen) atoms. The fraction of sp³-hybridized carbons (Fsp3) is 0.357. The lowest BCUT2D eigenvalue weighted by atomic mass is 9.79. The normalized spacial score (nSPS) is 14.6. The molecule has 1 atom stereocenters. The molecule has 0 aliphatic carbocycles. The molecule has 0 saturated carbocycles. The van der Waals surface area contributed by atoms with Crippen molar-refractivity contribution in [3.8, 4) is 17.2 Å². The Bertz CT molecular complexity index is 468. The standard InChI is InChI=1S/C14H18O4/c1-4-6-14(3,5-2)13(18)9-7-10(15)12(17)11(16)8-9/h4,6-8,15-17H,5H2,1-3H3/b6-4-. The summed E-state index contributed by atoms with van der Waals surface area (Å²) in [5.74, 6) is -1.83. The fourth-order valence-corrected chi connectivity index (χ4v) is 1.79. The maximum absolute atomic E-state index is 12.3.